The van der Waals surface area contributed by atoms with Gasteiger partial charge in [-0.15, -0.1) is 0 Å². The van der Waals surface area contributed by atoms with Crippen molar-refractivity contribution in [1.82, 2.24) is 0 Å². The number of esters is 1. The van der Waals surface area contributed by atoms with Crippen LogP contribution in [-0.2, 0) is 21.6 Å². The van der Waals surface area contributed by atoms with Gasteiger partial charge >= 0.3 is 5.97 Å². The third-order valence-corrected chi connectivity index (χ3v) is 6.51. The molecule has 0 fully saturated rings. The van der Waals surface area contributed by atoms with Gasteiger partial charge < -0.3 is 4.74 Å². The van der Waals surface area contributed by atoms with Gasteiger partial charge in [0.15, 0.2) is 0 Å². The van der Waals surface area contributed by atoms with Gasteiger partial charge in [0.1, 0.15) is 10.9 Å². The second kappa shape index (κ2) is 6.39. The molecular formula is C18H18O2S2. The summed E-state index contributed by atoms with van der Waals surface area (Å²) in [7, 11) is 3.25. The zero-order valence-corrected chi connectivity index (χ0v) is 14.2. The minimum absolute atomic E-state index is 0.138. The maximum absolute atomic E-state index is 12.5. The predicted molar refractivity (Wildman–Crippen MR) is 92.9 cm³/mol. The lowest BCUT2D eigenvalue weighted by atomic mass is 9.98. The fraction of sp³-hybridized carbons (Fsp3) is 0.278. The molecule has 0 aliphatic carbocycles. The first-order chi connectivity index (χ1) is 10.6. The van der Waals surface area contributed by atoms with Gasteiger partial charge in [-0.2, -0.15) is 0 Å². The smallest absolute Gasteiger partial charge is 0.321 e. The van der Waals surface area contributed by atoms with E-state index in [1.54, 1.807) is 21.6 Å². The number of carbonyl (C=O) groups excluding carboxylic acids is 1. The fourth-order valence-corrected chi connectivity index (χ4v) is 5.01. The summed E-state index contributed by atoms with van der Waals surface area (Å²) in [4.78, 5) is 13.8. The number of hydrogen-bond donors (Lipinski definition) is 0. The maximum Gasteiger partial charge on any atom is 0.321 e. The van der Waals surface area contributed by atoms with E-state index in [4.69, 9.17) is 4.74 Å². The third kappa shape index (κ3) is 3.33. The van der Waals surface area contributed by atoms with Crippen LogP contribution in [0.1, 0.15) is 25.0 Å². The summed E-state index contributed by atoms with van der Waals surface area (Å²) >= 11 is 0. The molecule has 0 saturated heterocycles. The molecule has 114 valence electrons. The maximum atomic E-state index is 12.5. The van der Waals surface area contributed by atoms with Crippen LogP contribution >= 0.6 is 21.6 Å². The van der Waals surface area contributed by atoms with Crippen LogP contribution in [0.4, 0.5) is 0 Å². The van der Waals surface area contributed by atoms with E-state index in [0.717, 1.165) is 12.0 Å². The van der Waals surface area contributed by atoms with E-state index in [9.17, 15) is 4.79 Å². The van der Waals surface area contributed by atoms with Crippen molar-refractivity contribution in [2.45, 2.75) is 36.0 Å². The summed E-state index contributed by atoms with van der Waals surface area (Å²) in [6.07, 6.45) is 0.734. The Morgan fingerprint density at radius 2 is 1.77 bits per heavy atom. The second-order valence-electron chi connectivity index (χ2n) is 5.78. The highest BCUT2D eigenvalue weighted by Crippen LogP contribution is 2.44. The molecule has 0 saturated carbocycles. The van der Waals surface area contributed by atoms with E-state index < -0.39 is 5.60 Å². The third-order valence-electron chi connectivity index (χ3n) is 3.72. The number of carbonyl (C=O) groups is 1. The van der Waals surface area contributed by atoms with Crippen molar-refractivity contribution in [3.63, 3.8) is 0 Å². The van der Waals surface area contributed by atoms with E-state index in [-0.39, 0.29) is 11.2 Å². The number of hydrogen-bond acceptors (Lipinski definition) is 4. The fourth-order valence-electron chi connectivity index (χ4n) is 2.44. The Morgan fingerprint density at radius 1 is 1.09 bits per heavy atom. The number of benzene rings is 2. The standard InChI is InChI=1S/C18H18O2S2/c1-18(2,14-9-4-3-5-10-14)20-17(19)16-12-13-8-6-7-11-15(13)21-22-16/h3-11,16H,12H2,1-2H3. The topological polar surface area (TPSA) is 26.3 Å². The van der Waals surface area contributed by atoms with E-state index >= 15 is 0 Å². The average molecular weight is 330 g/mol. The molecule has 4 heteroatoms. The first-order valence-corrected chi connectivity index (χ1v) is 9.47. The highest BCUT2D eigenvalue weighted by molar-refractivity contribution is 8.77. The average Bonchev–Trinajstić information content (AvgIpc) is 2.55. The van der Waals surface area contributed by atoms with Crippen LogP contribution in [0.25, 0.3) is 0 Å². The second-order valence-corrected chi connectivity index (χ2v) is 8.22. The van der Waals surface area contributed by atoms with E-state index in [2.05, 4.69) is 12.1 Å². The molecular weight excluding hydrogens is 312 g/mol. The normalized spacial score (nSPS) is 17.6. The van der Waals surface area contributed by atoms with Gasteiger partial charge in [0.05, 0.1) is 0 Å². The van der Waals surface area contributed by atoms with Crippen molar-refractivity contribution in [2.24, 2.45) is 0 Å². The summed E-state index contributed by atoms with van der Waals surface area (Å²) in [5.74, 6) is -0.138. The lowest BCUT2D eigenvalue weighted by Gasteiger charge is -2.29. The Kier molecular flexibility index (Phi) is 4.50. The Balaban J connectivity index is 1.71. The molecule has 0 N–H and O–H groups in total. The van der Waals surface area contributed by atoms with Crippen LogP contribution in [0.3, 0.4) is 0 Å². The summed E-state index contributed by atoms with van der Waals surface area (Å²) in [6.45, 7) is 3.88. The number of ether oxygens (including phenoxy) is 1. The molecule has 3 rings (SSSR count). The molecule has 2 nitrogen and oxygen atoms in total. The molecule has 2 aromatic carbocycles. The van der Waals surface area contributed by atoms with Crippen molar-refractivity contribution in [3.8, 4) is 0 Å². The van der Waals surface area contributed by atoms with Gasteiger partial charge in [-0.05, 0) is 37.5 Å². The summed E-state index contributed by atoms with van der Waals surface area (Å²) in [6, 6.07) is 18.1. The van der Waals surface area contributed by atoms with Gasteiger partial charge in [-0.3, -0.25) is 4.79 Å². The van der Waals surface area contributed by atoms with Crippen molar-refractivity contribution in [3.05, 3.63) is 65.7 Å². The van der Waals surface area contributed by atoms with Gasteiger partial charge in [-0.25, -0.2) is 0 Å². The van der Waals surface area contributed by atoms with Gasteiger partial charge in [0, 0.05) is 4.90 Å². The largest absolute Gasteiger partial charge is 0.454 e. The van der Waals surface area contributed by atoms with Gasteiger partial charge in [0.25, 0.3) is 0 Å². The lowest BCUT2D eigenvalue weighted by molar-refractivity contribution is -0.156. The molecule has 1 heterocycles. The van der Waals surface area contributed by atoms with Crippen molar-refractivity contribution >= 4 is 27.6 Å². The van der Waals surface area contributed by atoms with Gasteiger partial charge in [0.2, 0.25) is 0 Å². The molecule has 0 aromatic heterocycles. The van der Waals surface area contributed by atoms with Crippen LogP contribution in [0.15, 0.2) is 59.5 Å². The highest BCUT2D eigenvalue weighted by atomic mass is 33.1. The Morgan fingerprint density at radius 3 is 2.55 bits per heavy atom. The molecule has 1 unspecified atom stereocenters. The van der Waals surface area contributed by atoms with Crippen molar-refractivity contribution in [1.29, 1.82) is 0 Å². The zero-order valence-electron chi connectivity index (χ0n) is 12.6. The van der Waals surface area contributed by atoms with E-state index in [1.807, 2.05) is 56.3 Å². The Hall–Kier alpha value is -1.39. The highest BCUT2D eigenvalue weighted by Gasteiger charge is 2.32. The molecule has 2 aromatic rings. The Labute approximate surface area is 139 Å². The van der Waals surface area contributed by atoms with Crippen LogP contribution in [-0.4, -0.2) is 11.2 Å². The monoisotopic (exact) mass is 330 g/mol. The summed E-state index contributed by atoms with van der Waals surface area (Å²) in [5.41, 5.74) is 1.63. The summed E-state index contributed by atoms with van der Waals surface area (Å²) in [5, 5.41) is -0.150. The number of rotatable bonds is 3. The van der Waals surface area contributed by atoms with Gasteiger partial charge in [-0.1, -0.05) is 70.1 Å². The first-order valence-electron chi connectivity index (χ1n) is 7.26. The van der Waals surface area contributed by atoms with Crippen LogP contribution in [0.2, 0.25) is 0 Å². The van der Waals surface area contributed by atoms with Crippen LogP contribution in [0, 0.1) is 0 Å². The first kappa shape index (κ1) is 15.5. The van der Waals surface area contributed by atoms with Crippen LogP contribution < -0.4 is 0 Å². The molecule has 1 aliphatic heterocycles. The molecule has 22 heavy (non-hydrogen) atoms. The minimum atomic E-state index is -0.611. The van der Waals surface area contributed by atoms with E-state index in [1.165, 1.54) is 10.5 Å². The van der Waals surface area contributed by atoms with Crippen LogP contribution in [0.5, 0.6) is 0 Å². The molecule has 0 spiro atoms. The predicted octanol–water partition coefficient (Wildman–Crippen LogP) is 4.83. The minimum Gasteiger partial charge on any atom is -0.454 e. The molecule has 1 atom stereocenters. The lowest BCUT2D eigenvalue weighted by Crippen LogP contribution is -2.32. The Bertz CT molecular complexity index is 668. The molecule has 1 aliphatic rings. The van der Waals surface area contributed by atoms with Crippen molar-refractivity contribution in [2.75, 3.05) is 0 Å². The molecule has 0 radical (unpaired) electrons. The SMILES string of the molecule is CC(C)(OC(=O)C1Cc2ccccc2SS1)c1ccccc1. The molecule has 0 bridgehead atoms. The zero-order chi connectivity index (χ0) is 15.6. The van der Waals surface area contributed by atoms with E-state index in [0.29, 0.717) is 0 Å². The van der Waals surface area contributed by atoms with Crippen molar-refractivity contribution < 1.29 is 9.53 Å². The quantitative estimate of drug-likeness (QED) is 0.595. The summed E-state index contributed by atoms with van der Waals surface area (Å²) < 4.78 is 5.81. The number of fused-ring (bicyclic) bond motifs is 1. The molecule has 0 amide bonds.